The Morgan fingerprint density at radius 2 is 2.05 bits per heavy atom. The van der Waals surface area contributed by atoms with Crippen molar-refractivity contribution >= 4 is 45.7 Å². The number of nitrogens with zero attached hydrogens (tertiary/aromatic N) is 2. The fraction of sp³-hybridized carbons (Fsp3) is 0.125. The molecule has 0 aliphatic heterocycles. The molecule has 0 unspecified atom stereocenters. The van der Waals surface area contributed by atoms with Crippen molar-refractivity contribution in [3.8, 4) is 5.75 Å². The van der Waals surface area contributed by atoms with Crippen LogP contribution in [-0.2, 0) is 5.75 Å². The van der Waals surface area contributed by atoms with Crippen LogP contribution in [0, 0.1) is 10.5 Å². The molecule has 0 fully saturated rings. The van der Waals surface area contributed by atoms with Gasteiger partial charge in [-0.2, -0.15) is 5.10 Å². The van der Waals surface area contributed by atoms with Crippen molar-refractivity contribution in [1.29, 1.82) is 0 Å². The predicted molar refractivity (Wildman–Crippen MR) is 103 cm³/mol. The van der Waals surface area contributed by atoms with E-state index in [-0.39, 0.29) is 5.75 Å². The van der Waals surface area contributed by atoms with Crippen LogP contribution in [-0.4, -0.2) is 16.5 Å². The van der Waals surface area contributed by atoms with E-state index in [1.54, 1.807) is 6.07 Å². The maximum absolute atomic E-state index is 9.85. The molecule has 0 atom stereocenters. The minimum Gasteiger partial charge on any atom is -0.507 e. The second-order valence-corrected chi connectivity index (χ2v) is 6.78. The zero-order valence-electron chi connectivity index (χ0n) is 12.0. The quantitative estimate of drug-likeness (QED) is 0.338. The van der Waals surface area contributed by atoms with Gasteiger partial charge in [-0.25, -0.2) is 0 Å². The molecule has 2 rings (SSSR count). The van der Waals surface area contributed by atoms with Crippen molar-refractivity contribution < 1.29 is 5.11 Å². The lowest BCUT2D eigenvalue weighted by atomic mass is 10.1. The Hall–Kier alpha value is -1.54. The highest BCUT2D eigenvalue weighted by Gasteiger charge is 2.02. The zero-order valence-corrected chi connectivity index (χ0v) is 15.0. The number of phenolic OH excluding ortho intramolecular Hbond substituents is 1. The number of phenols is 1. The number of aromatic hydroxyl groups is 1. The number of rotatable bonds is 4. The van der Waals surface area contributed by atoms with E-state index in [9.17, 15) is 5.11 Å². The van der Waals surface area contributed by atoms with Gasteiger partial charge in [0.05, 0.1) is 6.21 Å². The highest BCUT2D eigenvalue weighted by atomic mass is 127. The van der Waals surface area contributed by atoms with Crippen LogP contribution in [0.5, 0.6) is 5.75 Å². The summed E-state index contributed by atoms with van der Waals surface area (Å²) in [5, 5.41) is 18.1. The molecule has 0 saturated heterocycles. The number of halogens is 1. The Morgan fingerprint density at radius 3 is 2.77 bits per heavy atom. The van der Waals surface area contributed by atoms with Crippen LogP contribution in [0.1, 0.15) is 16.7 Å². The lowest BCUT2D eigenvalue weighted by Gasteiger charge is -2.02. The van der Waals surface area contributed by atoms with Gasteiger partial charge in [0.2, 0.25) is 0 Å². The van der Waals surface area contributed by atoms with E-state index in [1.807, 2.05) is 43.3 Å². The van der Waals surface area contributed by atoms with Crippen LogP contribution >= 0.6 is 34.4 Å². The van der Waals surface area contributed by atoms with Crippen LogP contribution in [0.25, 0.3) is 0 Å². The Kier molecular flexibility index (Phi) is 6.26. The van der Waals surface area contributed by atoms with Crippen molar-refractivity contribution in [3.05, 3.63) is 62.7 Å². The number of thioether (sulfide) groups is 1. The maximum atomic E-state index is 9.85. The minimum absolute atomic E-state index is 0.187. The molecule has 0 aromatic heterocycles. The van der Waals surface area contributed by atoms with Gasteiger partial charge in [-0.15, -0.1) is 5.10 Å². The third kappa shape index (κ3) is 5.03. The second-order valence-electron chi connectivity index (χ2n) is 4.62. The van der Waals surface area contributed by atoms with Crippen molar-refractivity contribution in [3.63, 3.8) is 0 Å². The van der Waals surface area contributed by atoms with Gasteiger partial charge < -0.3 is 10.8 Å². The Labute approximate surface area is 147 Å². The molecule has 0 saturated carbocycles. The molecule has 0 bridgehead atoms. The van der Waals surface area contributed by atoms with Gasteiger partial charge in [-0.05, 0) is 52.8 Å². The summed E-state index contributed by atoms with van der Waals surface area (Å²) in [7, 11) is 0. The average molecular weight is 425 g/mol. The molecule has 114 valence electrons. The lowest BCUT2D eigenvalue weighted by Crippen LogP contribution is -2.06. The molecular weight excluding hydrogens is 409 g/mol. The predicted octanol–water partition coefficient (Wildman–Crippen LogP) is 3.89. The van der Waals surface area contributed by atoms with Crippen molar-refractivity contribution in [2.75, 3.05) is 0 Å². The van der Waals surface area contributed by atoms with Gasteiger partial charge in [-0.3, -0.25) is 0 Å². The van der Waals surface area contributed by atoms with Gasteiger partial charge in [0.15, 0.2) is 5.17 Å². The first-order chi connectivity index (χ1) is 10.6. The number of hydrogen-bond acceptors (Lipinski definition) is 4. The van der Waals surface area contributed by atoms with Gasteiger partial charge in [0.25, 0.3) is 0 Å². The Morgan fingerprint density at radius 1 is 1.32 bits per heavy atom. The summed E-state index contributed by atoms with van der Waals surface area (Å²) in [5.74, 6) is 0.937. The van der Waals surface area contributed by atoms with Gasteiger partial charge in [0.1, 0.15) is 5.75 Å². The van der Waals surface area contributed by atoms with Crippen LogP contribution in [0.2, 0.25) is 0 Å². The van der Waals surface area contributed by atoms with E-state index in [2.05, 4.69) is 32.8 Å². The average Bonchev–Trinajstić information content (AvgIpc) is 2.51. The van der Waals surface area contributed by atoms with E-state index in [0.717, 1.165) is 14.9 Å². The molecule has 0 aliphatic rings. The first-order valence-electron chi connectivity index (χ1n) is 6.58. The fourth-order valence-electron chi connectivity index (χ4n) is 1.69. The molecule has 0 spiro atoms. The third-order valence-electron chi connectivity index (χ3n) is 2.89. The SMILES string of the molecule is Cc1cc(O)c(C=NN=C(N)SCc2ccccc2)cc1I. The van der Waals surface area contributed by atoms with Crippen LogP contribution in [0.4, 0.5) is 0 Å². The largest absolute Gasteiger partial charge is 0.507 e. The molecule has 6 heteroatoms. The summed E-state index contributed by atoms with van der Waals surface area (Å²) in [6.45, 7) is 1.94. The summed E-state index contributed by atoms with van der Waals surface area (Å²) in [6.07, 6.45) is 1.51. The van der Waals surface area contributed by atoms with Gasteiger partial charge in [0, 0.05) is 14.9 Å². The second kappa shape index (κ2) is 8.19. The Bertz CT molecular complexity index is 702. The smallest absolute Gasteiger partial charge is 0.180 e. The van der Waals surface area contributed by atoms with Crippen molar-refractivity contribution in [1.82, 2.24) is 0 Å². The lowest BCUT2D eigenvalue weighted by molar-refractivity contribution is 0.474. The normalized spacial score (nSPS) is 12.0. The summed E-state index contributed by atoms with van der Waals surface area (Å²) < 4.78 is 1.06. The molecule has 0 heterocycles. The van der Waals surface area contributed by atoms with E-state index < -0.39 is 0 Å². The van der Waals surface area contributed by atoms with E-state index in [1.165, 1.54) is 23.5 Å². The first kappa shape index (κ1) is 16.8. The highest BCUT2D eigenvalue weighted by Crippen LogP contribution is 2.22. The minimum atomic E-state index is 0.187. The number of benzene rings is 2. The molecule has 0 radical (unpaired) electrons. The topological polar surface area (TPSA) is 71.0 Å². The van der Waals surface area contributed by atoms with Crippen molar-refractivity contribution in [2.45, 2.75) is 12.7 Å². The van der Waals surface area contributed by atoms with Crippen molar-refractivity contribution in [2.24, 2.45) is 15.9 Å². The molecule has 0 amide bonds. The molecule has 2 aromatic carbocycles. The molecule has 3 N–H and O–H groups in total. The number of aryl methyl sites for hydroxylation is 1. The number of amidine groups is 1. The summed E-state index contributed by atoms with van der Waals surface area (Å²) in [5.41, 5.74) is 8.64. The van der Waals surface area contributed by atoms with Gasteiger partial charge in [-0.1, -0.05) is 42.1 Å². The molecule has 2 aromatic rings. The van der Waals surface area contributed by atoms with E-state index >= 15 is 0 Å². The fourth-order valence-corrected chi connectivity index (χ4v) is 2.80. The molecule has 4 nitrogen and oxygen atoms in total. The number of hydrogen-bond donors (Lipinski definition) is 2. The van der Waals surface area contributed by atoms with Crippen LogP contribution < -0.4 is 5.73 Å². The Balaban J connectivity index is 1.97. The first-order valence-corrected chi connectivity index (χ1v) is 8.65. The highest BCUT2D eigenvalue weighted by molar-refractivity contribution is 14.1. The molecule has 0 aliphatic carbocycles. The maximum Gasteiger partial charge on any atom is 0.180 e. The van der Waals surface area contributed by atoms with Crippen LogP contribution in [0.15, 0.2) is 52.7 Å². The van der Waals surface area contributed by atoms with E-state index in [0.29, 0.717) is 10.7 Å². The zero-order chi connectivity index (χ0) is 15.9. The van der Waals surface area contributed by atoms with Crippen LogP contribution in [0.3, 0.4) is 0 Å². The standard InChI is InChI=1S/C16H16IN3OS/c1-11-7-15(21)13(8-14(11)17)9-19-20-16(18)22-10-12-5-3-2-4-6-12/h2-9,21H,10H2,1H3,(H2,18,20). The third-order valence-corrected chi connectivity index (χ3v) is 4.91. The monoisotopic (exact) mass is 425 g/mol. The van der Waals surface area contributed by atoms with Gasteiger partial charge >= 0.3 is 0 Å². The summed E-state index contributed by atoms with van der Waals surface area (Å²) in [6, 6.07) is 13.6. The molecule has 22 heavy (non-hydrogen) atoms. The number of nitrogens with two attached hydrogens (primary N) is 1. The summed E-state index contributed by atoms with van der Waals surface area (Å²) >= 11 is 3.64. The van der Waals surface area contributed by atoms with E-state index in [4.69, 9.17) is 5.73 Å². The summed E-state index contributed by atoms with van der Waals surface area (Å²) in [4.78, 5) is 0. The molecular formula is C16H16IN3OS.